The van der Waals surface area contributed by atoms with Crippen molar-refractivity contribution in [1.29, 1.82) is 0 Å². The molecule has 100 valence electrons. The van der Waals surface area contributed by atoms with Gasteiger partial charge in [-0.3, -0.25) is 4.90 Å². The molecule has 1 atom stereocenters. The summed E-state index contributed by atoms with van der Waals surface area (Å²) in [5.74, 6) is 0. The van der Waals surface area contributed by atoms with Crippen molar-refractivity contribution in [3.63, 3.8) is 0 Å². The smallest absolute Gasteiger partial charge is 0.129 e. The number of nitrogens with one attached hydrogen (secondary N) is 1. The molecular weight excluding hydrogens is 246 g/mol. The van der Waals surface area contributed by atoms with Crippen LogP contribution in [-0.4, -0.2) is 36.1 Å². The molecule has 4 heteroatoms. The summed E-state index contributed by atoms with van der Waals surface area (Å²) >= 11 is 5.88. The predicted octanol–water partition coefficient (Wildman–Crippen LogP) is 2.73. The van der Waals surface area contributed by atoms with E-state index in [0.29, 0.717) is 11.2 Å². The molecule has 0 aliphatic carbocycles. The molecule has 1 aliphatic heterocycles. The maximum atomic E-state index is 5.88. The summed E-state index contributed by atoms with van der Waals surface area (Å²) in [5, 5.41) is 3.96. The first-order valence-corrected chi connectivity index (χ1v) is 6.92. The van der Waals surface area contributed by atoms with Gasteiger partial charge in [0.05, 0.1) is 0 Å². The molecule has 0 amide bonds. The van der Waals surface area contributed by atoms with Crippen LogP contribution in [0.15, 0.2) is 18.3 Å². The van der Waals surface area contributed by atoms with Gasteiger partial charge in [-0.05, 0) is 17.0 Å². The molecule has 1 N–H and O–H groups in total. The second kappa shape index (κ2) is 5.55. The normalized spacial score (nSPS) is 19.8. The largest absolute Gasteiger partial charge is 0.314 e. The van der Waals surface area contributed by atoms with E-state index in [1.54, 1.807) is 0 Å². The molecule has 0 unspecified atom stereocenters. The van der Waals surface area contributed by atoms with Crippen molar-refractivity contribution in [2.75, 3.05) is 26.2 Å². The molecule has 1 saturated heterocycles. The van der Waals surface area contributed by atoms with Gasteiger partial charge >= 0.3 is 0 Å². The third kappa shape index (κ3) is 3.22. The Morgan fingerprint density at radius 1 is 1.28 bits per heavy atom. The van der Waals surface area contributed by atoms with Crippen molar-refractivity contribution in [3.8, 4) is 0 Å². The van der Waals surface area contributed by atoms with E-state index >= 15 is 0 Å². The summed E-state index contributed by atoms with van der Waals surface area (Å²) in [4.78, 5) is 6.77. The van der Waals surface area contributed by atoms with Crippen molar-refractivity contribution in [2.45, 2.75) is 26.8 Å². The fraction of sp³-hybridized carbons (Fsp3) is 0.643. The number of rotatable bonds is 2. The first-order chi connectivity index (χ1) is 8.48. The lowest BCUT2D eigenvalue weighted by Gasteiger charge is -2.42. The van der Waals surface area contributed by atoms with Crippen molar-refractivity contribution in [3.05, 3.63) is 29.0 Å². The number of piperazine rings is 1. The quantitative estimate of drug-likeness (QED) is 0.836. The van der Waals surface area contributed by atoms with Gasteiger partial charge in [0, 0.05) is 38.4 Å². The lowest BCUT2D eigenvalue weighted by Crippen LogP contribution is -2.48. The molecular formula is C14H22ClN3. The first kappa shape index (κ1) is 13.8. The lowest BCUT2D eigenvalue weighted by molar-refractivity contribution is 0.0860. The van der Waals surface area contributed by atoms with Crippen molar-refractivity contribution in [1.82, 2.24) is 15.2 Å². The predicted molar refractivity (Wildman–Crippen MR) is 75.9 cm³/mol. The zero-order chi connectivity index (χ0) is 13.2. The summed E-state index contributed by atoms with van der Waals surface area (Å²) < 4.78 is 0. The minimum Gasteiger partial charge on any atom is -0.314 e. The van der Waals surface area contributed by atoms with Gasteiger partial charge in [-0.15, -0.1) is 0 Å². The molecule has 1 aromatic rings. The Kier molecular flexibility index (Phi) is 4.25. The van der Waals surface area contributed by atoms with E-state index in [4.69, 9.17) is 11.6 Å². The Balaban J connectivity index is 2.27. The average molecular weight is 268 g/mol. The van der Waals surface area contributed by atoms with Gasteiger partial charge in [-0.1, -0.05) is 38.4 Å². The molecule has 0 radical (unpaired) electrons. The van der Waals surface area contributed by atoms with Gasteiger partial charge in [-0.2, -0.15) is 0 Å². The zero-order valence-corrected chi connectivity index (χ0v) is 12.2. The fourth-order valence-corrected chi connectivity index (χ4v) is 2.86. The molecule has 0 saturated carbocycles. The molecule has 2 heterocycles. The zero-order valence-electron chi connectivity index (χ0n) is 11.4. The Bertz CT molecular complexity index is 377. The fourth-order valence-electron chi connectivity index (χ4n) is 2.75. The van der Waals surface area contributed by atoms with Gasteiger partial charge in [0.2, 0.25) is 0 Å². The maximum absolute atomic E-state index is 5.88. The van der Waals surface area contributed by atoms with Crippen LogP contribution in [0.25, 0.3) is 0 Å². The highest BCUT2D eigenvalue weighted by Gasteiger charge is 2.32. The lowest BCUT2D eigenvalue weighted by atomic mass is 9.81. The van der Waals surface area contributed by atoms with Crippen LogP contribution in [0.4, 0.5) is 0 Å². The van der Waals surface area contributed by atoms with E-state index in [1.165, 1.54) is 5.56 Å². The van der Waals surface area contributed by atoms with Crippen LogP contribution in [0.3, 0.4) is 0 Å². The molecule has 1 fully saturated rings. The van der Waals surface area contributed by atoms with Gasteiger partial charge in [-0.25, -0.2) is 4.98 Å². The number of hydrogen-bond donors (Lipinski definition) is 1. The number of nitrogens with zero attached hydrogens (tertiary/aromatic N) is 2. The molecule has 18 heavy (non-hydrogen) atoms. The summed E-state index contributed by atoms with van der Waals surface area (Å²) in [6, 6.07) is 4.38. The Hall–Kier alpha value is -0.640. The second-order valence-electron chi connectivity index (χ2n) is 5.97. The van der Waals surface area contributed by atoms with Gasteiger partial charge < -0.3 is 5.32 Å². The van der Waals surface area contributed by atoms with Gasteiger partial charge in [0.1, 0.15) is 5.15 Å². The SMILES string of the molecule is CC(C)(C)[C@@H](c1ccc(Cl)nc1)N1CCNCC1. The van der Waals surface area contributed by atoms with Crippen LogP contribution in [-0.2, 0) is 0 Å². The minimum absolute atomic E-state index is 0.187. The molecule has 0 spiro atoms. The molecule has 3 nitrogen and oxygen atoms in total. The van der Waals surface area contributed by atoms with Crippen LogP contribution < -0.4 is 5.32 Å². The number of halogens is 1. The van der Waals surface area contributed by atoms with E-state index < -0.39 is 0 Å². The number of pyridine rings is 1. The van der Waals surface area contributed by atoms with Crippen LogP contribution >= 0.6 is 11.6 Å². The van der Waals surface area contributed by atoms with E-state index in [1.807, 2.05) is 12.3 Å². The van der Waals surface area contributed by atoms with E-state index in [0.717, 1.165) is 26.2 Å². The van der Waals surface area contributed by atoms with E-state index in [-0.39, 0.29) is 5.41 Å². The minimum atomic E-state index is 0.187. The molecule has 0 aromatic carbocycles. The van der Waals surface area contributed by atoms with E-state index in [2.05, 4.69) is 42.0 Å². The standard InChI is InChI=1S/C14H22ClN3/c1-14(2,3)13(18-8-6-16-7-9-18)11-4-5-12(15)17-10-11/h4-5,10,13,16H,6-9H2,1-3H3/t13-/m1/s1. The van der Waals surface area contributed by atoms with Crippen LogP contribution in [0.5, 0.6) is 0 Å². The summed E-state index contributed by atoms with van der Waals surface area (Å²) in [6.07, 6.45) is 1.92. The highest BCUT2D eigenvalue weighted by atomic mass is 35.5. The Morgan fingerprint density at radius 3 is 2.44 bits per heavy atom. The maximum Gasteiger partial charge on any atom is 0.129 e. The second-order valence-corrected chi connectivity index (χ2v) is 6.36. The van der Waals surface area contributed by atoms with Crippen LogP contribution in [0, 0.1) is 5.41 Å². The third-order valence-electron chi connectivity index (χ3n) is 3.40. The van der Waals surface area contributed by atoms with Gasteiger partial charge in [0.15, 0.2) is 0 Å². The average Bonchev–Trinajstić information content (AvgIpc) is 2.32. The van der Waals surface area contributed by atoms with Crippen LogP contribution in [0.2, 0.25) is 5.15 Å². The van der Waals surface area contributed by atoms with Crippen LogP contribution in [0.1, 0.15) is 32.4 Å². The van der Waals surface area contributed by atoms with Gasteiger partial charge in [0.25, 0.3) is 0 Å². The monoisotopic (exact) mass is 267 g/mol. The Morgan fingerprint density at radius 2 is 1.94 bits per heavy atom. The van der Waals surface area contributed by atoms with Crippen molar-refractivity contribution in [2.24, 2.45) is 5.41 Å². The summed E-state index contributed by atoms with van der Waals surface area (Å²) in [7, 11) is 0. The number of aromatic nitrogens is 1. The topological polar surface area (TPSA) is 28.2 Å². The molecule has 1 aliphatic rings. The molecule has 1 aromatic heterocycles. The van der Waals surface area contributed by atoms with Crippen molar-refractivity contribution >= 4 is 11.6 Å². The molecule has 0 bridgehead atoms. The first-order valence-electron chi connectivity index (χ1n) is 6.55. The molecule has 2 rings (SSSR count). The highest BCUT2D eigenvalue weighted by Crippen LogP contribution is 2.37. The Labute approximate surface area is 115 Å². The van der Waals surface area contributed by atoms with Crippen molar-refractivity contribution < 1.29 is 0 Å². The highest BCUT2D eigenvalue weighted by molar-refractivity contribution is 6.29. The third-order valence-corrected chi connectivity index (χ3v) is 3.63. The summed E-state index contributed by atoms with van der Waals surface area (Å²) in [6.45, 7) is 11.2. The van der Waals surface area contributed by atoms with E-state index in [9.17, 15) is 0 Å². The number of hydrogen-bond acceptors (Lipinski definition) is 3. The summed E-state index contributed by atoms with van der Waals surface area (Å²) in [5.41, 5.74) is 1.45.